The van der Waals surface area contributed by atoms with Crippen molar-refractivity contribution in [2.24, 2.45) is 0 Å². The van der Waals surface area contributed by atoms with Crippen LogP contribution in [0.15, 0.2) is 77.2 Å². The molecule has 0 bridgehead atoms. The Hall–Kier alpha value is -3.86. The molecule has 0 aliphatic rings. The molecule has 5 heteroatoms. The van der Waals surface area contributed by atoms with Crippen molar-refractivity contribution in [3.63, 3.8) is 0 Å². The molecular formula is C34H38N2O3. The van der Waals surface area contributed by atoms with E-state index in [4.69, 9.17) is 14.1 Å². The lowest BCUT2D eigenvalue weighted by molar-refractivity contribution is 0.293. The number of aromatic nitrogens is 2. The predicted octanol–water partition coefficient (Wildman–Crippen LogP) is 9.72. The zero-order valence-electron chi connectivity index (χ0n) is 22.9. The molecule has 0 spiro atoms. The molecule has 2 aromatic heterocycles. The first kappa shape index (κ1) is 26.7. The summed E-state index contributed by atoms with van der Waals surface area (Å²) in [5, 5.41) is 12.6. The van der Waals surface area contributed by atoms with E-state index in [0.29, 0.717) is 23.9 Å². The Morgan fingerprint density at radius 2 is 1.38 bits per heavy atom. The minimum atomic E-state index is 0.142. The van der Waals surface area contributed by atoms with E-state index >= 15 is 0 Å². The van der Waals surface area contributed by atoms with Crippen molar-refractivity contribution in [1.82, 2.24) is 9.97 Å². The molecule has 39 heavy (non-hydrogen) atoms. The minimum Gasteiger partial charge on any atom is -0.507 e. The first-order valence-corrected chi connectivity index (χ1v) is 14.4. The Morgan fingerprint density at radius 1 is 0.692 bits per heavy atom. The molecule has 0 atom stereocenters. The molecule has 0 radical (unpaired) electrons. The maximum Gasteiger partial charge on any atom is 0.217 e. The number of hydrogen-bond acceptors (Lipinski definition) is 5. The molecule has 0 unspecified atom stereocenters. The van der Waals surface area contributed by atoms with Gasteiger partial charge in [0.2, 0.25) is 5.88 Å². The van der Waals surface area contributed by atoms with Gasteiger partial charge in [-0.2, -0.15) is 4.98 Å². The third kappa shape index (κ3) is 6.78. The van der Waals surface area contributed by atoms with Crippen molar-refractivity contribution in [3.8, 4) is 34.3 Å². The monoisotopic (exact) mass is 522 g/mol. The summed E-state index contributed by atoms with van der Waals surface area (Å²) in [7, 11) is 0. The third-order valence-corrected chi connectivity index (χ3v) is 7.27. The molecule has 5 rings (SSSR count). The molecule has 0 amide bonds. The molecule has 0 fully saturated rings. The number of phenolic OH excluding ortho intramolecular Hbond substituents is 1. The number of unbranched alkanes of at least 4 members (excludes halogenated alkanes) is 9. The van der Waals surface area contributed by atoms with Crippen LogP contribution in [0.5, 0.6) is 11.6 Å². The summed E-state index contributed by atoms with van der Waals surface area (Å²) in [4.78, 5) is 9.46. The third-order valence-electron chi connectivity index (χ3n) is 7.27. The maximum atomic E-state index is 10.5. The van der Waals surface area contributed by atoms with Crippen LogP contribution in [0.4, 0.5) is 0 Å². The minimum absolute atomic E-state index is 0.142. The van der Waals surface area contributed by atoms with Gasteiger partial charge in [-0.15, -0.1) is 0 Å². The fraction of sp³-hybridized carbons (Fsp3) is 0.353. The van der Waals surface area contributed by atoms with Crippen LogP contribution in [0.25, 0.3) is 44.6 Å². The highest BCUT2D eigenvalue weighted by atomic mass is 16.5. The molecule has 3 aromatic carbocycles. The van der Waals surface area contributed by atoms with Crippen molar-refractivity contribution < 1.29 is 14.3 Å². The summed E-state index contributed by atoms with van der Waals surface area (Å²) in [5.41, 5.74) is 3.88. The fourth-order valence-electron chi connectivity index (χ4n) is 5.08. The molecule has 202 valence electrons. The maximum absolute atomic E-state index is 10.5. The van der Waals surface area contributed by atoms with Gasteiger partial charge in [-0.3, -0.25) is 0 Å². The van der Waals surface area contributed by atoms with Crippen LogP contribution < -0.4 is 4.74 Å². The second-order valence-corrected chi connectivity index (χ2v) is 10.3. The zero-order chi connectivity index (χ0) is 26.9. The summed E-state index contributed by atoms with van der Waals surface area (Å²) in [6, 6.07) is 23.2. The fourth-order valence-corrected chi connectivity index (χ4v) is 5.08. The van der Waals surface area contributed by atoms with E-state index in [2.05, 4.69) is 24.0 Å². The topological polar surface area (TPSA) is 68.4 Å². The lowest BCUT2D eigenvalue weighted by Gasteiger charge is -2.11. The number of para-hydroxylation sites is 2. The summed E-state index contributed by atoms with van der Waals surface area (Å²) in [6.45, 7) is 2.87. The highest BCUT2D eigenvalue weighted by molar-refractivity contribution is 6.05. The van der Waals surface area contributed by atoms with Gasteiger partial charge in [-0.25, -0.2) is 4.98 Å². The van der Waals surface area contributed by atoms with E-state index in [1.807, 2.05) is 48.5 Å². The van der Waals surface area contributed by atoms with Crippen LogP contribution in [0.2, 0.25) is 0 Å². The first-order valence-electron chi connectivity index (χ1n) is 14.4. The highest BCUT2D eigenvalue weighted by Crippen LogP contribution is 2.34. The van der Waals surface area contributed by atoms with Gasteiger partial charge in [0, 0.05) is 22.4 Å². The number of nitrogens with zero attached hydrogens (tertiary/aromatic N) is 2. The standard InChI is InChI=1S/C34H38N2O3/c1-2-3-4-5-6-7-8-9-10-15-22-38-33-24-29(35-34(36-33)28-17-11-13-18-30(28)37)25-20-21-27-26-16-12-14-19-31(26)39-32(27)23-25/h11-14,16-21,23-24,37H,2-10,15,22H2,1H3. The quantitative estimate of drug-likeness (QED) is 0.147. The van der Waals surface area contributed by atoms with E-state index in [1.54, 1.807) is 12.1 Å². The first-order chi connectivity index (χ1) is 19.2. The average molecular weight is 523 g/mol. The van der Waals surface area contributed by atoms with Crippen LogP contribution in [0.1, 0.15) is 71.1 Å². The van der Waals surface area contributed by atoms with Gasteiger partial charge >= 0.3 is 0 Å². The number of aromatic hydroxyl groups is 1. The molecule has 5 aromatic rings. The van der Waals surface area contributed by atoms with Crippen molar-refractivity contribution in [2.75, 3.05) is 6.61 Å². The Morgan fingerprint density at radius 3 is 2.18 bits per heavy atom. The number of hydrogen-bond donors (Lipinski definition) is 1. The van der Waals surface area contributed by atoms with Crippen LogP contribution in [-0.2, 0) is 0 Å². The van der Waals surface area contributed by atoms with Gasteiger partial charge in [0.05, 0.1) is 17.9 Å². The number of benzene rings is 3. The van der Waals surface area contributed by atoms with Crippen molar-refractivity contribution in [1.29, 1.82) is 0 Å². The number of furan rings is 1. The van der Waals surface area contributed by atoms with Crippen molar-refractivity contribution in [2.45, 2.75) is 71.1 Å². The SMILES string of the molecule is CCCCCCCCCCCCOc1cc(-c2ccc3c(c2)oc2ccccc23)nc(-c2ccccc2O)n1. The molecule has 0 aliphatic carbocycles. The van der Waals surface area contributed by atoms with E-state index in [-0.39, 0.29) is 5.75 Å². The zero-order valence-corrected chi connectivity index (χ0v) is 22.9. The number of rotatable bonds is 14. The van der Waals surface area contributed by atoms with Gasteiger partial charge in [0.15, 0.2) is 5.82 Å². The molecule has 2 heterocycles. The van der Waals surface area contributed by atoms with Gasteiger partial charge in [0.25, 0.3) is 0 Å². The molecule has 0 saturated carbocycles. The lowest BCUT2D eigenvalue weighted by atomic mass is 10.1. The van der Waals surface area contributed by atoms with Crippen molar-refractivity contribution in [3.05, 3.63) is 72.8 Å². The van der Waals surface area contributed by atoms with Gasteiger partial charge in [-0.05, 0) is 36.8 Å². The molecule has 0 aliphatic heterocycles. The second-order valence-electron chi connectivity index (χ2n) is 10.3. The summed E-state index contributed by atoms with van der Waals surface area (Å²) < 4.78 is 12.2. The normalized spacial score (nSPS) is 11.4. The largest absolute Gasteiger partial charge is 0.507 e. The summed E-state index contributed by atoms with van der Waals surface area (Å²) >= 11 is 0. The highest BCUT2D eigenvalue weighted by Gasteiger charge is 2.14. The molecule has 1 N–H and O–H groups in total. The smallest absolute Gasteiger partial charge is 0.217 e. The Bertz CT molecular complexity index is 1510. The molecular weight excluding hydrogens is 484 g/mol. The predicted molar refractivity (Wildman–Crippen MR) is 159 cm³/mol. The number of ether oxygens (including phenoxy) is 1. The van der Waals surface area contributed by atoms with E-state index in [0.717, 1.165) is 46.0 Å². The van der Waals surface area contributed by atoms with Crippen LogP contribution in [0.3, 0.4) is 0 Å². The van der Waals surface area contributed by atoms with Gasteiger partial charge in [-0.1, -0.05) is 101 Å². The van der Waals surface area contributed by atoms with Gasteiger partial charge < -0.3 is 14.3 Å². The Kier molecular flexibility index (Phi) is 9.10. The van der Waals surface area contributed by atoms with E-state index in [9.17, 15) is 5.11 Å². The molecule has 5 nitrogen and oxygen atoms in total. The van der Waals surface area contributed by atoms with Crippen LogP contribution in [-0.4, -0.2) is 21.7 Å². The lowest BCUT2D eigenvalue weighted by Crippen LogP contribution is -2.02. The summed E-state index contributed by atoms with van der Waals surface area (Å²) in [6.07, 6.45) is 12.8. The van der Waals surface area contributed by atoms with Gasteiger partial charge in [0.1, 0.15) is 16.9 Å². The second kappa shape index (κ2) is 13.3. The Balaban J connectivity index is 1.29. The van der Waals surface area contributed by atoms with E-state index in [1.165, 1.54) is 51.4 Å². The number of phenols is 1. The Labute approximate surface area is 230 Å². The van der Waals surface area contributed by atoms with Crippen LogP contribution >= 0.6 is 0 Å². The van der Waals surface area contributed by atoms with E-state index < -0.39 is 0 Å². The van der Waals surface area contributed by atoms with Crippen molar-refractivity contribution >= 4 is 21.9 Å². The summed E-state index contributed by atoms with van der Waals surface area (Å²) in [5.74, 6) is 1.09. The number of fused-ring (bicyclic) bond motifs is 3. The van der Waals surface area contributed by atoms with Crippen LogP contribution in [0, 0.1) is 0 Å². The average Bonchev–Trinajstić information content (AvgIpc) is 3.34. The molecule has 0 saturated heterocycles.